The van der Waals surface area contributed by atoms with E-state index in [1.165, 1.54) is 5.56 Å². The Balaban J connectivity index is 1.83. The molecule has 0 aromatic heterocycles. The molecule has 0 saturated carbocycles. The van der Waals surface area contributed by atoms with Gasteiger partial charge in [0.25, 0.3) is 0 Å². The third-order valence-electron chi connectivity index (χ3n) is 4.78. The van der Waals surface area contributed by atoms with Crippen molar-refractivity contribution in [3.8, 4) is 11.1 Å². The molecule has 24 heavy (non-hydrogen) atoms. The molecule has 1 nitrogen and oxygen atoms in total. The highest BCUT2D eigenvalue weighted by Gasteiger charge is 2.25. The minimum atomic E-state index is 0.0841. The molecule has 0 N–H and O–H groups in total. The van der Waals surface area contributed by atoms with Crippen LogP contribution in [-0.4, -0.2) is 5.78 Å². The van der Waals surface area contributed by atoms with Gasteiger partial charge in [-0.1, -0.05) is 68.1 Å². The van der Waals surface area contributed by atoms with Crippen LogP contribution in [-0.2, 0) is 6.42 Å². The summed E-state index contributed by atoms with van der Waals surface area (Å²) in [5, 5.41) is 0. The van der Waals surface area contributed by atoms with Crippen molar-refractivity contribution in [3.63, 3.8) is 0 Å². The number of hydrogen-bond donors (Lipinski definition) is 0. The fraction of sp³-hybridized carbons (Fsp3) is 0.0870. The van der Waals surface area contributed by atoms with Crippen LogP contribution in [0, 0.1) is 0 Å². The standard InChI is InChI=1S/C23H18O/c1-3-16-8-10-17(11-9-16)18-12-13-21-22(14-18)15(2)19-6-4-5-7-20(19)23(21)24/h4-14H,2-3H2,1H3. The Kier molecular flexibility index (Phi) is 3.42. The molecule has 0 heterocycles. The monoisotopic (exact) mass is 310 g/mol. The van der Waals surface area contributed by atoms with E-state index in [4.69, 9.17) is 0 Å². The highest BCUT2D eigenvalue weighted by atomic mass is 16.1. The summed E-state index contributed by atoms with van der Waals surface area (Å²) in [4.78, 5) is 12.7. The lowest BCUT2D eigenvalue weighted by Gasteiger charge is -2.21. The Morgan fingerprint density at radius 1 is 0.750 bits per heavy atom. The Bertz CT molecular complexity index is 962. The van der Waals surface area contributed by atoms with Crippen LogP contribution in [0.4, 0.5) is 0 Å². The second kappa shape index (κ2) is 5.61. The molecule has 1 heteroatoms. The zero-order chi connectivity index (χ0) is 16.7. The molecule has 0 atom stereocenters. The first-order valence-electron chi connectivity index (χ1n) is 8.26. The first-order valence-corrected chi connectivity index (χ1v) is 8.26. The summed E-state index contributed by atoms with van der Waals surface area (Å²) in [6.45, 7) is 6.39. The normalized spacial score (nSPS) is 12.7. The smallest absolute Gasteiger partial charge is 0.194 e. The Morgan fingerprint density at radius 2 is 1.38 bits per heavy atom. The summed E-state index contributed by atoms with van der Waals surface area (Å²) >= 11 is 0. The molecular formula is C23H18O. The van der Waals surface area contributed by atoms with E-state index in [1.807, 2.05) is 36.4 Å². The van der Waals surface area contributed by atoms with Crippen LogP contribution in [0.1, 0.15) is 39.5 Å². The second-order valence-electron chi connectivity index (χ2n) is 6.16. The van der Waals surface area contributed by atoms with Gasteiger partial charge in [-0.3, -0.25) is 4.79 Å². The van der Waals surface area contributed by atoms with E-state index >= 15 is 0 Å². The number of carbonyl (C=O) groups excluding carboxylic acids is 1. The van der Waals surface area contributed by atoms with Crippen LogP contribution >= 0.6 is 0 Å². The average molecular weight is 310 g/mol. The fourth-order valence-electron chi connectivity index (χ4n) is 3.34. The number of benzene rings is 3. The third-order valence-corrected chi connectivity index (χ3v) is 4.78. The van der Waals surface area contributed by atoms with E-state index in [9.17, 15) is 4.79 Å². The van der Waals surface area contributed by atoms with Crippen LogP contribution in [0.2, 0.25) is 0 Å². The molecule has 0 amide bonds. The summed E-state index contributed by atoms with van der Waals surface area (Å²) in [5.41, 5.74) is 7.89. The third kappa shape index (κ3) is 2.21. The second-order valence-corrected chi connectivity index (χ2v) is 6.16. The first kappa shape index (κ1) is 14.6. The minimum absolute atomic E-state index is 0.0841. The molecule has 0 unspecified atom stereocenters. The number of ketones is 1. The highest BCUT2D eigenvalue weighted by Crippen LogP contribution is 2.36. The van der Waals surface area contributed by atoms with Gasteiger partial charge in [-0.15, -0.1) is 0 Å². The van der Waals surface area contributed by atoms with E-state index in [1.54, 1.807) is 0 Å². The molecule has 3 aromatic carbocycles. The van der Waals surface area contributed by atoms with E-state index in [0.717, 1.165) is 45.4 Å². The van der Waals surface area contributed by atoms with Crippen molar-refractivity contribution in [1.82, 2.24) is 0 Å². The van der Waals surface area contributed by atoms with Crippen molar-refractivity contribution in [3.05, 3.63) is 101 Å². The van der Waals surface area contributed by atoms with Gasteiger partial charge in [-0.25, -0.2) is 0 Å². The highest BCUT2D eigenvalue weighted by molar-refractivity contribution is 6.18. The zero-order valence-corrected chi connectivity index (χ0v) is 13.7. The van der Waals surface area contributed by atoms with Gasteiger partial charge in [-0.2, -0.15) is 0 Å². The molecule has 0 aliphatic heterocycles. The van der Waals surface area contributed by atoms with Crippen LogP contribution in [0.3, 0.4) is 0 Å². The molecule has 4 rings (SSSR count). The van der Waals surface area contributed by atoms with E-state index in [2.05, 4.69) is 43.8 Å². The molecule has 0 fully saturated rings. The summed E-state index contributed by atoms with van der Waals surface area (Å²) in [5.74, 6) is 0.0841. The molecular weight excluding hydrogens is 292 g/mol. The summed E-state index contributed by atoms with van der Waals surface area (Å²) in [7, 11) is 0. The predicted molar refractivity (Wildman–Crippen MR) is 99.3 cm³/mol. The van der Waals surface area contributed by atoms with E-state index < -0.39 is 0 Å². The number of hydrogen-bond acceptors (Lipinski definition) is 1. The molecule has 1 aliphatic carbocycles. The largest absolute Gasteiger partial charge is 0.289 e. The fourth-order valence-corrected chi connectivity index (χ4v) is 3.34. The van der Waals surface area contributed by atoms with Gasteiger partial charge in [0.2, 0.25) is 0 Å². The average Bonchev–Trinajstić information content (AvgIpc) is 2.66. The van der Waals surface area contributed by atoms with Crippen molar-refractivity contribution in [1.29, 1.82) is 0 Å². The predicted octanol–water partition coefficient (Wildman–Crippen LogP) is 5.52. The van der Waals surface area contributed by atoms with Crippen molar-refractivity contribution in [2.24, 2.45) is 0 Å². The van der Waals surface area contributed by atoms with Gasteiger partial charge < -0.3 is 0 Å². The maximum absolute atomic E-state index is 12.7. The quantitative estimate of drug-likeness (QED) is 0.476. The maximum atomic E-state index is 12.7. The first-order chi connectivity index (χ1) is 11.7. The molecule has 116 valence electrons. The summed E-state index contributed by atoms with van der Waals surface area (Å²) < 4.78 is 0. The molecule has 0 spiro atoms. The lowest BCUT2D eigenvalue weighted by Crippen LogP contribution is -2.13. The maximum Gasteiger partial charge on any atom is 0.194 e. The molecule has 0 saturated heterocycles. The van der Waals surface area contributed by atoms with E-state index in [-0.39, 0.29) is 5.78 Å². The van der Waals surface area contributed by atoms with Gasteiger partial charge in [0.1, 0.15) is 0 Å². The van der Waals surface area contributed by atoms with Gasteiger partial charge in [0.05, 0.1) is 0 Å². The zero-order valence-electron chi connectivity index (χ0n) is 13.7. The van der Waals surface area contributed by atoms with Crippen molar-refractivity contribution >= 4 is 11.4 Å². The van der Waals surface area contributed by atoms with Crippen molar-refractivity contribution in [2.75, 3.05) is 0 Å². The number of rotatable bonds is 2. The topological polar surface area (TPSA) is 17.1 Å². The summed E-state index contributed by atoms with van der Waals surface area (Å²) in [6.07, 6.45) is 1.03. The molecule has 0 radical (unpaired) electrons. The number of aryl methyl sites for hydroxylation is 1. The Morgan fingerprint density at radius 3 is 2.08 bits per heavy atom. The van der Waals surface area contributed by atoms with Crippen LogP contribution in [0.15, 0.2) is 73.3 Å². The van der Waals surface area contributed by atoms with Gasteiger partial charge >= 0.3 is 0 Å². The van der Waals surface area contributed by atoms with Crippen LogP contribution in [0.5, 0.6) is 0 Å². The number of carbonyl (C=O) groups is 1. The van der Waals surface area contributed by atoms with Crippen molar-refractivity contribution in [2.45, 2.75) is 13.3 Å². The van der Waals surface area contributed by atoms with Gasteiger partial charge in [-0.05, 0) is 51.9 Å². The molecule has 1 aliphatic rings. The van der Waals surface area contributed by atoms with Crippen molar-refractivity contribution < 1.29 is 4.79 Å². The van der Waals surface area contributed by atoms with E-state index in [0.29, 0.717) is 0 Å². The lowest BCUT2D eigenvalue weighted by molar-refractivity contribution is 0.103. The number of fused-ring (bicyclic) bond motifs is 2. The van der Waals surface area contributed by atoms with Gasteiger partial charge in [0, 0.05) is 11.1 Å². The molecule has 0 bridgehead atoms. The molecule has 3 aromatic rings. The van der Waals surface area contributed by atoms with Crippen LogP contribution < -0.4 is 0 Å². The minimum Gasteiger partial charge on any atom is -0.289 e. The Labute approximate surface area is 142 Å². The summed E-state index contributed by atoms with van der Waals surface area (Å²) in [6, 6.07) is 22.4. The lowest BCUT2D eigenvalue weighted by atomic mass is 9.81. The van der Waals surface area contributed by atoms with Crippen LogP contribution in [0.25, 0.3) is 16.7 Å². The Hall–Kier alpha value is -2.93. The van der Waals surface area contributed by atoms with Gasteiger partial charge in [0.15, 0.2) is 5.78 Å². The SMILES string of the molecule is C=C1c2ccccc2C(=O)c2ccc(-c3ccc(CC)cc3)cc21.